The van der Waals surface area contributed by atoms with Crippen LogP contribution in [0.2, 0.25) is 0 Å². The highest BCUT2D eigenvalue weighted by atomic mass is 16.6. The standard InChI is InChI=1S/C36H45N5O14/c1-5-20(2)26(39-35(50)54-19-23-14-10-7-11-15-23)31(46)37-24(16-17-25(43)44)30(45)38-27(21(3)42)32(47)40(4)41(36(51)52)33(48)28-29(55-28)34(49)53-18-22-12-8-6-9-13-22/h6-15,20-21,24,26-29,42H,5,16-19H2,1-4H3,(H,37,46)(H,38,45)(H,39,50)(H,43,44)(H,51,52)/t20-,21+,24-,26-,27-,28+,29+/m0/s1. The summed E-state index contributed by atoms with van der Waals surface area (Å²) in [6.45, 7) is 4.20. The lowest BCUT2D eigenvalue weighted by Crippen LogP contribution is -2.62. The highest BCUT2D eigenvalue weighted by Gasteiger charge is 2.55. The number of carbonyl (C=O) groups is 8. The molecule has 1 fully saturated rings. The third-order valence-electron chi connectivity index (χ3n) is 8.51. The molecule has 298 valence electrons. The van der Waals surface area contributed by atoms with Crippen LogP contribution in [0.1, 0.15) is 51.2 Å². The fraction of sp³-hybridized carbons (Fsp3) is 0.444. The van der Waals surface area contributed by atoms with E-state index < -0.39 is 103 Å². The van der Waals surface area contributed by atoms with Crippen molar-refractivity contribution in [3.63, 3.8) is 0 Å². The van der Waals surface area contributed by atoms with Gasteiger partial charge in [0.15, 0.2) is 12.2 Å². The number of nitrogens with one attached hydrogen (secondary N) is 3. The van der Waals surface area contributed by atoms with Gasteiger partial charge in [-0.1, -0.05) is 80.9 Å². The molecular formula is C36H45N5O14. The van der Waals surface area contributed by atoms with Crippen molar-refractivity contribution in [1.82, 2.24) is 26.0 Å². The van der Waals surface area contributed by atoms with Crippen molar-refractivity contribution < 1.29 is 67.9 Å². The summed E-state index contributed by atoms with van der Waals surface area (Å²) in [5.41, 5.74) is 1.32. The second-order valence-corrected chi connectivity index (χ2v) is 12.7. The van der Waals surface area contributed by atoms with Crippen molar-refractivity contribution in [2.75, 3.05) is 7.05 Å². The second-order valence-electron chi connectivity index (χ2n) is 12.7. The summed E-state index contributed by atoms with van der Waals surface area (Å²) in [5.74, 6) is -7.52. The maximum Gasteiger partial charge on any atom is 0.433 e. The Morgan fingerprint density at radius 3 is 1.85 bits per heavy atom. The number of hydrogen-bond donors (Lipinski definition) is 6. The summed E-state index contributed by atoms with van der Waals surface area (Å²) in [6, 6.07) is 12.4. The van der Waals surface area contributed by atoms with Gasteiger partial charge in [-0.3, -0.25) is 24.0 Å². The number of carbonyl (C=O) groups excluding carboxylic acids is 6. The van der Waals surface area contributed by atoms with E-state index in [0.29, 0.717) is 17.5 Å². The van der Waals surface area contributed by atoms with E-state index in [-0.39, 0.29) is 23.2 Å². The minimum Gasteiger partial charge on any atom is -0.481 e. The van der Waals surface area contributed by atoms with E-state index in [1.165, 1.54) is 0 Å². The molecule has 19 nitrogen and oxygen atoms in total. The molecule has 6 N–H and O–H groups in total. The number of aliphatic carboxylic acids is 1. The maximum absolute atomic E-state index is 13.5. The van der Waals surface area contributed by atoms with Gasteiger partial charge in [-0.05, 0) is 30.4 Å². The van der Waals surface area contributed by atoms with Crippen LogP contribution >= 0.6 is 0 Å². The fourth-order valence-electron chi connectivity index (χ4n) is 5.12. The predicted molar refractivity (Wildman–Crippen MR) is 188 cm³/mol. The molecule has 1 aliphatic heterocycles. The van der Waals surface area contributed by atoms with E-state index in [2.05, 4.69) is 16.0 Å². The Morgan fingerprint density at radius 1 is 0.782 bits per heavy atom. The number of hydrogen-bond acceptors (Lipinski definition) is 12. The normalized spacial score (nSPS) is 17.1. The molecule has 3 rings (SSSR count). The fourth-order valence-corrected chi connectivity index (χ4v) is 5.12. The number of imide groups is 1. The Hall–Kier alpha value is -6.08. The number of carboxylic acid groups (broad SMARTS) is 2. The smallest absolute Gasteiger partial charge is 0.433 e. The molecule has 19 heteroatoms. The topological polar surface area (TPSA) is 271 Å². The summed E-state index contributed by atoms with van der Waals surface area (Å²) < 4.78 is 15.4. The monoisotopic (exact) mass is 771 g/mol. The zero-order chi connectivity index (χ0) is 40.8. The molecular weight excluding hydrogens is 726 g/mol. The first-order chi connectivity index (χ1) is 26.0. The van der Waals surface area contributed by atoms with Crippen molar-refractivity contribution in [2.24, 2.45) is 5.92 Å². The van der Waals surface area contributed by atoms with Crippen LogP contribution < -0.4 is 16.0 Å². The lowest BCUT2D eigenvalue weighted by atomic mass is 9.97. The van der Waals surface area contributed by atoms with Crippen LogP contribution in [0.3, 0.4) is 0 Å². The average molecular weight is 772 g/mol. The van der Waals surface area contributed by atoms with E-state index in [1.54, 1.807) is 74.5 Å². The summed E-state index contributed by atoms with van der Waals surface area (Å²) in [5, 5.41) is 36.9. The van der Waals surface area contributed by atoms with Crippen LogP contribution in [0.15, 0.2) is 60.7 Å². The number of epoxide rings is 1. The van der Waals surface area contributed by atoms with Gasteiger partial charge in [0.1, 0.15) is 31.3 Å². The van der Waals surface area contributed by atoms with Crippen LogP contribution in [-0.2, 0) is 56.2 Å². The van der Waals surface area contributed by atoms with Crippen molar-refractivity contribution in [2.45, 2.75) is 89.7 Å². The molecule has 0 aromatic heterocycles. The van der Waals surface area contributed by atoms with Gasteiger partial charge in [-0.25, -0.2) is 19.4 Å². The van der Waals surface area contributed by atoms with Gasteiger partial charge < -0.3 is 45.5 Å². The van der Waals surface area contributed by atoms with Crippen molar-refractivity contribution in [1.29, 1.82) is 0 Å². The van der Waals surface area contributed by atoms with Crippen molar-refractivity contribution >= 4 is 47.8 Å². The number of amides is 6. The Morgan fingerprint density at radius 2 is 1.35 bits per heavy atom. The van der Waals surface area contributed by atoms with Crippen LogP contribution in [0.4, 0.5) is 9.59 Å². The van der Waals surface area contributed by atoms with Crippen LogP contribution in [0.25, 0.3) is 0 Å². The van der Waals surface area contributed by atoms with Gasteiger partial charge in [0, 0.05) is 13.5 Å². The lowest BCUT2D eigenvalue weighted by molar-refractivity contribution is -0.160. The number of nitrogens with zero attached hydrogens (tertiary/aromatic N) is 2. The molecule has 0 spiro atoms. The summed E-state index contributed by atoms with van der Waals surface area (Å²) in [7, 11) is 0.851. The predicted octanol–water partition coefficient (Wildman–Crippen LogP) is 0.934. The molecule has 0 saturated carbocycles. The number of aliphatic hydroxyl groups excluding tert-OH is 1. The van der Waals surface area contributed by atoms with Gasteiger partial charge in [0.2, 0.25) is 11.8 Å². The largest absolute Gasteiger partial charge is 0.481 e. The molecule has 2 aromatic rings. The van der Waals surface area contributed by atoms with E-state index in [0.717, 1.165) is 14.0 Å². The molecule has 0 bridgehead atoms. The first-order valence-electron chi connectivity index (χ1n) is 17.2. The molecule has 55 heavy (non-hydrogen) atoms. The van der Waals surface area contributed by atoms with E-state index in [9.17, 15) is 53.7 Å². The molecule has 6 amide bonds. The number of aliphatic hydroxyl groups is 1. The van der Waals surface area contributed by atoms with Crippen molar-refractivity contribution in [3.8, 4) is 0 Å². The number of ether oxygens (including phenoxy) is 3. The van der Waals surface area contributed by atoms with Crippen molar-refractivity contribution in [3.05, 3.63) is 71.8 Å². The van der Waals surface area contributed by atoms with Crippen LogP contribution in [0, 0.1) is 5.92 Å². The molecule has 0 radical (unpaired) electrons. The second kappa shape index (κ2) is 20.4. The minimum atomic E-state index is -1.97. The number of rotatable bonds is 18. The zero-order valence-electron chi connectivity index (χ0n) is 30.6. The average Bonchev–Trinajstić information content (AvgIpc) is 3.97. The Bertz CT molecular complexity index is 1690. The molecule has 1 heterocycles. The van der Waals surface area contributed by atoms with Gasteiger partial charge in [0.25, 0.3) is 11.8 Å². The Balaban J connectivity index is 1.71. The summed E-state index contributed by atoms with van der Waals surface area (Å²) in [6.07, 6.45) is -8.50. The number of likely N-dealkylation sites (N-methyl/N-ethyl adjacent to an activating group) is 1. The quantitative estimate of drug-likeness (QED) is 0.0700. The molecule has 7 atom stereocenters. The highest BCUT2D eigenvalue weighted by Crippen LogP contribution is 2.27. The number of alkyl carbamates (subject to hydrolysis) is 1. The number of benzene rings is 2. The zero-order valence-corrected chi connectivity index (χ0v) is 30.6. The first-order valence-corrected chi connectivity index (χ1v) is 17.2. The SMILES string of the molecule is CC[C@H](C)[C@H](NC(=O)OCc1ccccc1)C(=O)N[C@@H](CCC(=O)O)C(=O)N[C@H](C(=O)N(C)N(C(=O)O)C(=O)[C@@H]1O[C@H]1C(=O)OCc1ccccc1)[C@@H](C)O. The molecule has 2 aromatic carbocycles. The lowest BCUT2D eigenvalue weighted by Gasteiger charge is -2.32. The molecule has 1 aliphatic rings. The Labute approximate surface area is 315 Å². The van der Waals surface area contributed by atoms with Crippen LogP contribution in [-0.4, -0.2) is 117 Å². The molecule has 0 unspecified atom stereocenters. The maximum atomic E-state index is 13.5. The summed E-state index contributed by atoms with van der Waals surface area (Å²) >= 11 is 0. The Kier molecular flexibility index (Phi) is 16.1. The van der Waals surface area contributed by atoms with Gasteiger partial charge in [-0.15, -0.1) is 5.01 Å². The molecule has 1 saturated heterocycles. The van der Waals surface area contributed by atoms with E-state index >= 15 is 0 Å². The first kappa shape index (κ1) is 43.3. The third-order valence-corrected chi connectivity index (χ3v) is 8.51. The summed E-state index contributed by atoms with van der Waals surface area (Å²) in [4.78, 5) is 102. The van der Waals surface area contributed by atoms with E-state index in [4.69, 9.17) is 14.2 Å². The number of carboxylic acids is 1. The molecule has 0 aliphatic carbocycles. The van der Waals surface area contributed by atoms with Crippen LogP contribution in [0.5, 0.6) is 0 Å². The van der Waals surface area contributed by atoms with E-state index in [1.807, 2.05) is 0 Å². The van der Waals surface area contributed by atoms with Gasteiger partial charge in [-0.2, -0.15) is 0 Å². The number of hydrazine groups is 1. The highest BCUT2D eigenvalue weighted by molar-refractivity contribution is 6.01. The van der Waals surface area contributed by atoms with Gasteiger partial charge in [0.05, 0.1) is 6.10 Å². The number of esters is 1. The van der Waals surface area contributed by atoms with Gasteiger partial charge >= 0.3 is 24.1 Å². The minimum absolute atomic E-state index is 0.0675. The third kappa shape index (κ3) is 12.8.